The number of nitrogens with zero attached hydrogens (tertiary/aromatic N) is 1. The molecule has 1 atom stereocenters. The molecule has 4 rings (SSSR count). The molecule has 0 saturated carbocycles. The molecule has 0 aliphatic heterocycles. The first kappa shape index (κ1) is 27.7. The van der Waals surface area contributed by atoms with Gasteiger partial charge < -0.3 is 19.6 Å². The van der Waals surface area contributed by atoms with Crippen LogP contribution in [-0.4, -0.2) is 33.9 Å². The van der Waals surface area contributed by atoms with Gasteiger partial charge in [0.1, 0.15) is 16.0 Å². The van der Waals surface area contributed by atoms with Gasteiger partial charge in [0.2, 0.25) is 5.89 Å². The fraction of sp³-hybridized carbons (Fsp3) is 0.357. The van der Waals surface area contributed by atoms with Gasteiger partial charge in [-0.15, -0.1) is 11.3 Å². The summed E-state index contributed by atoms with van der Waals surface area (Å²) in [5, 5.41) is 12.6. The molecule has 0 aliphatic carbocycles. The van der Waals surface area contributed by atoms with E-state index < -0.39 is 28.3 Å². The first-order valence-electron chi connectivity index (χ1n) is 12.0. The van der Waals surface area contributed by atoms with E-state index in [1.165, 1.54) is 6.07 Å². The van der Waals surface area contributed by atoms with E-state index in [9.17, 15) is 23.1 Å². The molecular weight excluding hydrogens is 517 g/mol. The Morgan fingerprint density at radius 3 is 2.42 bits per heavy atom. The van der Waals surface area contributed by atoms with Crippen LogP contribution in [0.3, 0.4) is 0 Å². The normalized spacial score (nSPS) is 13.9. The molecule has 0 fully saturated rings. The fourth-order valence-corrected chi connectivity index (χ4v) is 4.90. The maximum Gasteiger partial charge on any atom is 0.426 e. The predicted molar refractivity (Wildman–Crippen MR) is 141 cm³/mol. The van der Waals surface area contributed by atoms with Crippen LogP contribution < -0.4 is 5.32 Å². The summed E-state index contributed by atoms with van der Waals surface area (Å²) in [7, 11) is 0. The predicted octanol–water partition coefficient (Wildman–Crippen LogP) is 7.45. The van der Waals surface area contributed by atoms with Crippen molar-refractivity contribution in [1.82, 2.24) is 10.3 Å². The van der Waals surface area contributed by atoms with Crippen molar-refractivity contribution in [2.45, 2.75) is 57.9 Å². The second-order valence-corrected chi connectivity index (χ2v) is 11.4. The second-order valence-electron chi connectivity index (χ2n) is 10.4. The number of rotatable bonds is 7. The van der Waals surface area contributed by atoms with Crippen molar-refractivity contribution >= 4 is 28.5 Å². The Kier molecular flexibility index (Phi) is 7.58. The van der Waals surface area contributed by atoms with Crippen molar-refractivity contribution in [3.8, 4) is 21.9 Å². The smallest absolute Gasteiger partial charge is 0.426 e. The monoisotopic (exact) mass is 546 g/mol. The number of hydrogen-bond acceptors (Lipinski definition) is 6. The Balaban J connectivity index is 1.56. The van der Waals surface area contributed by atoms with E-state index in [0.29, 0.717) is 40.8 Å². The highest BCUT2D eigenvalue weighted by molar-refractivity contribution is 7.16. The van der Waals surface area contributed by atoms with Gasteiger partial charge in [0.05, 0.1) is 17.0 Å². The van der Waals surface area contributed by atoms with Gasteiger partial charge in [-0.1, -0.05) is 36.4 Å². The summed E-state index contributed by atoms with van der Waals surface area (Å²) >= 11 is 0.599. The van der Waals surface area contributed by atoms with Gasteiger partial charge in [0, 0.05) is 5.56 Å². The SMILES string of the molecule is CC(C)(C)OC(=O)N[C@@](C)(CO)CCc1ccc2oc(-c3cc(-c4ccccc4)c(C(F)(F)F)s3)nc2c1. The molecule has 10 heteroatoms. The highest BCUT2D eigenvalue weighted by Gasteiger charge is 2.37. The highest BCUT2D eigenvalue weighted by Crippen LogP contribution is 2.46. The van der Waals surface area contributed by atoms with Crippen molar-refractivity contribution in [3.05, 3.63) is 65.0 Å². The number of benzene rings is 2. The van der Waals surface area contributed by atoms with Crippen LogP contribution in [-0.2, 0) is 17.3 Å². The number of amides is 1. The second kappa shape index (κ2) is 10.4. The van der Waals surface area contributed by atoms with Gasteiger partial charge in [-0.25, -0.2) is 9.78 Å². The Bertz CT molecular complexity index is 1420. The van der Waals surface area contributed by atoms with E-state index in [1.807, 2.05) is 6.07 Å². The molecule has 0 radical (unpaired) electrons. The molecule has 0 bridgehead atoms. The van der Waals surface area contributed by atoms with Crippen LogP contribution in [0.15, 0.2) is 59.0 Å². The number of aryl methyl sites for hydroxylation is 1. The molecule has 1 amide bonds. The first-order valence-corrected chi connectivity index (χ1v) is 12.9. The van der Waals surface area contributed by atoms with Crippen LogP contribution in [0.4, 0.5) is 18.0 Å². The lowest BCUT2D eigenvalue weighted by atomic mass is 9.94. The molecule has 0 spiro atoms. The quantitative estimate of drug-likeness (QED) is 0.252. The summed E-state index contributed by atoms with van der Waals surface area (Å²) in [4.78, 5) is 16.2. The van der Waals surface area contributed by atoms with Crippen LogP contribution in [0, 0.1) is 0 Å². The minimum absolute atomic E-state index is 0.0850. The fourth-order valence-electron chi connectivity index (χ4n) is 3.92. The van der Waals surface area contributed by atoms with Gasteiger partial charge in [0.25, 0.3) is 0 Å². The molecule has 2 heterocycles. The van der Waals surface area contributed by atoms with Gasteiger partial charge in [-0.05, 0) is 69.9 Å². The number of aliphatic hydroxyl groups excluding tert-OH is 1. The number of nitrogens with one attached hydrogen (secondary N) is 1. The van der Waals surface area contributed by atoms with E-state index in [2.05, 4.69) is 10.3 Å². The van der Waals surface area contributed by atoms with Crippen molar-refractivity contribution < 1.29 is 32.2 Å². The minimum Gasteiger partial charge on any atom is -0.444 e. The molecule has 0 saturated heterocycles. The maximum absolute atomic E-state index is 13.8. The number of carbonyl (C=O) groups is 1. The number of aromatic nitrogens is 1. The Morgan fingerprint density at radius 2 is 1.79 bits per heavy atom. The first-order chi connectivity index (χ1) is 17.8. The summed E-state index contributed by atoms with van der Waals surface area (Å²) in [5.41, 5.74) is 0.798. The standard InChI is InChI=1S/C28H29F3N2O4S/c1-26(2,3)37-25(35)33-27(4,16-34)13-12-17-10-11-21-20(14-17)32-24(36-21)22-15-19(18-8-6-5-7-9-18)23(38-22)28(29,30)31/h5-11,14-15,34H,12-13,16H2,1-4H3,(H,33,35)/t27-/m1/s1. The number of thiophene rings is 1. The maximum atomic E-state index is 13.8. The third-order valence-electron chi connectivity index (χ3n) is 5.85. The van der Waals surface area contributed by atoms with Crippen LogP contribution >= 0.6 is 11.3 Å². The molecule has 202 valence electrons. The van der Waals surface area contributed by atoms with Crippen LogP contribution in [0.5, 0.6) is 0 Å². The average Bonchev–Trinajstić information content (AvgIpc) is 3.46. The lowest BCUT2D eigenvalue weighted by Gasteiger charge is -2.30. The molecule has 4 aromatic rings. The number of aliphatic hydroxyl groups is 1. The van der Waals surface area contributed by atoms with Gasteiger partial charge in [0.15, 0.2) is 5.58 Å². The zero-order valence-electron chi connectivity index (χ0n) is 21.5. The van der Waals surface area contributed by atoms with Crippen molar-refractivity contribution in [1.29, 1.82) is 0 Å². The van der Waals surface area contributed by atoms with Crippen molar-refractivity contribution in [2.75, 3.05) is 6.61 Å². The largest absolute Gasteiger partial charge is 0.444 e. The van der Waals surface area contributed by atoms with Crippen LogP contribution in [0.25, 0.3) is 33.0 Å². The zero-order valence-corrected chi connectivity index (χ0v) is 22.3. The van der Waals surface area contributed by atoms with Crippen molar-refractivity contribution in [3.63, 3.8) is 0 Å². The highest BCUT2D eigenvalue weighted by atomic mass is 32.1. The van der Waals surface area contributed by atoms with Crippen molar-refractivity contribution in [2.24, 2.45) is 0 Å². The van der Waals surface area contributed by atoms with E-state index in [1.54, 1.807) is 70.2 Å². The number of fused-ring (bicyclic) bond motifs is 1. The zero-order chi connectivity index (χ0) is 27.7. The van der Waals surface area contributed by atoms with E-state index >= 15 is 0 Å². The Morgan fingerprint density at radius 1 is 1.08 bits per heavy atom. The van der Waals surface area contributed by atoms with Gasteiger partial charge in [-0.2, -0.15) is 13.2 Å². The number of alkyl carbamates (subject to hydrolysis) is 1. The van der Waals surface area contributed by atoms with Crippen LogP contribution in [0.2, 0.25) is 0 Å². The molecule has 2 N–H and O–H groups in total. The third-order valence-corrected chi connectivity index (χ3v) is 7.02. The Labute approximate surface area is 222 Å². The molecule has 38 heavy (non-hydrogen) atoms. The third kappa shape index (κ3) is 6.54. The molecule has 0 aliphatic rings. The number of hydrogen-bond donors (Lipinski definition) is 2. The lowest BCUT2D eigenvalue weighted by molar-refractivity contribution is -0.133. The average molecular weight is 547 g/mol. The number of halogens is 3. The van der Waals surface area contributed by atoms with Gasteiger partial charge >= 0.3 is 12.3 Å². The summed E-state index contributed by atoms with van der Waals surface area (Å²) in [5.74, 6) is 0.113. The number of oxazole rings is 1. The van der Waals surface area contributed by atoms with Crippen LogP contribution in [0.1, 0.15) is 44.6 Å². The number of alkyl halides is 3. The van der Waals surface area contributed by atoms with E-state index in [-0.39, 0.29) is 22.9 Å². The minimum atomic E-state index is -4.51. The van der Waals surface area contributed by atoms with E-state index in [0.717, 1.165) is 5.56 Å². The summed E-state index contributed by atoms with van der Waals surface area (Å²) < 4.78 is 52.5. The molecule has 6 nitrogen and oxygen atoms in total. The molecule has 2 aromatic heterocycles. The molecular formula is C28H29F3N2O4S. The van der Waals surface area contributed by atoms with E-state index in [4.69, 9.17) is 9.15 Å². The summed E-state index contributed by atoms with van der Waals surface area (Å²) in [6.45, 7) is 6.71. The number of carbonyl (C=O) groups excluding carboxylic acids is 1. The topological polar surface area (TPSA) is 84.6 Å². The molecule has 0 unspecified atom stereocenters. The van der Waals surface area contributed by atoms with Gasteiger partial charge in [-0.3, -0.25) is 0 Å². The molecule has 2 aromatic carbocycles. The lowest BCUT2D eigenvalue weighted by Crippen LogP contribution is -2.50. The summed E-state index contributed by atoms with van der Waals surface area (Å²) in [6, 6.07) is 15.2. The number of ether oxygens (including phenoxy) is 1. The summed E-state index contributed by atoms with van der Waals surface area (Å²) in [6.07, 6.45) is -4.21. The Hall–Kier alpha value is -3.37.